The predicted octanol–water partition coefficient (Wildman–Crippen LogP) is 2.99. The Labute approximate surface area is 119 Å². The minimum Gasteiger partial charge on any atom is -0.314 e. The number of aryl methyl sites for hydroxylation is 2. The van der Waals surface area contributed by atoms with Gasteiger partial charge in [-0.3, -0.25) is 0 Å². The molecular formula is C15H23BrN2. The van der Waals surface area contributed by atoms with E-state index < -0.39 is 0 Å². The lowest BCUT2D eigenvalue weighted by Crippen LogP contribution is -2.43. The van der Waals surface area contributed by atoms with E-state index in [4.69, 9.17) is 0 Å². The van der Waals surface area contributed by atoms with E-state index in [-0.39, 0.29) is 0 Å². The summed E-state index contributed by atoms with van der Waals surface area (Å²) in [6.07, 6.45) is 3.80. The summed E-state index contributed by atoms with van der Waals surface area (Å²) >= 11 is 3.60. The van der Waals surface area contributed by atoms with Gasteiger partial charge in [0.15, 0.2) is 0 Å². The Kier molecular flexibility index (Phi) is 5.67. The van der Waals surface area contributed by atoms with Crippen molar-refractivity contribution in [3.05, 3.63) is 33.8 Å². The van der Waals surface area contributed by atoms with Crippen LogP contribution in [-0.2, 0) is 6.42 Å². The minimum absolute atomic E-state index is 1.16. The minimum atomic E-state index is 1.16. The third kappa shape index (κ3) is 4.38. The molecule has 1 fully saturated rings. The maximum atomic E-state index is 3.60. The molecule has 1 heterocycles. The average molecular weight is 311 g/mol. The molecule has 100 valence electrons. The first-order valence-electron chi connectivity index (χ1n) is 6.94. The van der Waals surface area contributed by atoms with E-state index in [1.807, 2.05) is 0 Å². The fourth-order valence-corrected chi connectivity index (χ4v) is 2.82. The predicted molar refractivity (Wildman–Crippen MR) is 81.1 cm³/mol. The fraction of sp³-hybridized carbons (Fsp3) is 0.600. The summed E-state index contributed by atoms with van der Waals surface area (Å²) in [6, 6.07) is 6.72. The van der Waals surface area contributed by atoms with E-state index >= 15 is 0 Å². The van der Waals surface area contributed by atoms with E-state index in [1.54, 1.807) is 0 Å². The highest BCUT2D eigenvalue weighted by Crippen LogP contribution is 2.18. The van der Waals surface area contributed by atoms with E-state index in [0.29, 0.717) is 0 Å². The van der Waals surface area contributed by atoms with Gasteiger partial charge in [-0.15, -0.1) is 0 Å². The quantitative estimate of drug-likeness (QED) is 0.841. The van der Waals surface area contributed by atoms with Crippen molar-refractivity contribution in [1.82, 2.24) is 10.2 Å². The third-order valence-electron chi connectivity index (χ3n) is 3.64. The number of nitrogens with one attached hydrogen (secondary N) is 1. The maximum absolute atomic E-state index is 3.60. The molecule has 0 bridgehead atoms. The zero-order valence-corrected chi connectivity index (χ0v) is 12.8. The zero-order valence-electron chi connectivity index (χ0n) is 11.2. The molecule has 0 saturated carbocycles. The van der Waals surface area contributed by atoms with Crippen molar-refractivity contribution in [2.75, 3.05) is 32.7 Å². The van der Waals surface area contributed by atoms with Gasteiger partial charge in [0.25, 0.3) is 0 Å². The standard InChI is InChI=1S/C15H23BrN2/c1-13-5-6-14(12-15(13)16)4-2-3-9-18-10-7-17-8-11-18/h5-6,12,17H,2-4,7-11H2,1H3. The summed E-state index contributed by atoms with van der Waals surface area (Å²) in [5.41, 5.74) is 2.77. The molecule has 1 aromatic carbocycles. The molecular weight excluding hydrogens is 288 g/mol. The number of hydrogen-bond donors (Lipinski definition) is 1. The highest BCUT2D eigenvalue weighted by Gasteiger charge is 2.08. The molecule has 1 N–H and O–H groups in total. The van der Waals surface area contributed by atoms with Crippen molar-refractivity contribution in [3.8, 4) is 0 Å². The van der Waals surface area contributed by atoms with Gasteiger partial charge in [0.1, 0.15) is 0 Å². The summed E-state index contributed by atoms with van der Waals surface area (Å²) in [7, 11) is 0. The van der Waals surface area contributed by atoms with Crippen LogP contribution in [0.3, 0.4) is 0 Å². The van der Waals surface area contributed by atoms with Gasteiger partial charge in [-0.1, -0.05) is 28.1 Å². The summed E-state index contributed by atoms with van der Waals surface area (Å²) in [6.45, 7) is 8.15. The van der Waals surface area contributed by atoms with Crippen molar-refractivity contribution in [3.63, 3.8) is 0 Å². The molecule has 0 unspecified atom stereocenters. The highest BCUT2D eigenvalue weighted by molar-refractivity contribution is 9.10. The normalized spacial score (nSPS) is 17.0. The third-order valence-corrected chi connectivity index (χ3v) is 4.49. The summed E-state index contributed by atoms with van der Waals surface area (Å²) in [5, 5.41) is 3.40. The first kappa shape index (κ1) is 14.0. The molecule has 1 aromatic rings. The molecule has 1 saturated heterocycles. The second kappa shape index (κ2) is 7.27. The van der Waals surface area contributed by atoms with Gasteiger partial charge < -0.3 is 10.2 Å². The number of nitrogens with zero attached hydrogens (tertiary/aromatic N) is 1. The van der Waals surface area contributed by atoms with Crippen molar-refractivity contribution >= 4 is 15.9 Å². The molecule has 0 aromatic heterocycles. The Balaban J connectivity index is 1.66. The first-order chi connectivity index (χ1) is 8.75. The number of hydrogen-bond acceptors (Lipinski definition) is 2. The zero-order chi connectivity index (χ0) is 12.8. The number of rotatable bonds is 5. The molecule has 0 amide bonds. The van der Waals surface area contributed by atoms with Crippen LogP contribution in [0.5, 0.6) is 0 Å². The van der Waals surface area contributed by atoms with Crippen LogP contribution in [0.25, 0.3) is 0 Å². The lowest BCUT2D eigenvalue weighted by atomic mass is 10.1. The Morgan fingerprint density at radius 2 is 2.00 bits per heavy atom. The molecule has 0 spiro atoms. The van der Waals surface area contributed by atoms with E-state index in [0.717, 1.165) is 13.1 Å². The van der Waals surface area contributed by atoms with Crippen molar-refractivity contribution in [2.45, 2.75) is 26.2 Å². The van der Waals surface area contributed by atoms with Crippen molar-refractivity contribution in [2.24, 2.45) is 0 Å². The molecule has 1 aliphatic rings. The molecule has 0 radical (unpaired) electrons. The van der Waals surface area contributed by atoms with Crippen LogP contribution in [0.15, 0.2) is 22.7 Å². The Bertz CT molecular complexity index is 373. The largest absolute Gasteiger partial charge is 0.314 e. The SMILES string of the molecule is Cc1ccc(CCCCN2CCNCC2)cc1Br. The van der Waals surface area contributed by atoms with Crippen molar-refractivity contribution in [1.29, 1.82) is 0 Å². The topological polar surface area (TPSA) is 15.3 Å². The van der Waals surface area contributed by atoms with Gasteiger partial charge in [0.2, 0.25) is 0 Å². The number of unbranched alkanes of at least 4 members (excludes halogenated alkanes) is 1. The molecule has 18 heavy (non-hydrogen) atoms. The molecule has 1 aliphatic heterocycles. The smallest absolute Gasteiger partial charge is 0.0207 e. The van der Waals surface area contributed by atoms with E-state index in [9.17, 15) is 0 Å². The van der Waals surface area contributed by atoms with Crippen LogP contribution >= 0.6 is 15.9 Å². The average Bonchev–Trinajstić information content (AvgIpc) is 2.40. The number of piperazine rings is 1. The Hall–Kier alpha value is -0.380. The number of halogens is 1. The van der Waals surface area contributed by atoms with Gasteiger partial charge in [-0.05, 0) is 49.9 Å². The van der Waals surface area contributed by atoms with Crippen LogP contribution < -0.4 is 5.32 Å². The van der Waals surface area contributed by atoms with E-state index in [2.05, 4.69) is 51.3 Å². The Morgan fingerprint density at radius 3 is 2.72 bits per heavy atom. The molecule has 2 rings (SSSR count). The van der Waals surface area contributed by atoms with Gasteiger partial charge in [0, 0.05) is 30.7 Å². The highest BCUT2D eigenvalue weighted by atomic mass is 79.9. The van der Waals surface area contributed by atoms with Gasteiger partial charge >= 0.3 is 0 Å². The molecule has 2 nitrogen and oxygen atoms in total. The van der Waals surface area contributed by atoms with Gasteiger partial charge in [-0.2, -0.15) is 0 Å². The van der Waals surface area contributed by atoms with Gasteiger partial charge in [0.05, 0.1) is 0 Å². The lowest BCUT2D eigenvalue weighted by molar-refractivity contribution is 0.237. The van der Waals surface area contributed by atoms with Crippen LogP contribution in [0.2, 0.25) is 0 Å². The summed E-state index contributed by atoms with van der Waals surface area (Å²) < 4.78 is 1.24. The number of benzene rings is 1. The van der Waals surface area contributed by atoms with E-state index in [1.165, 1.54) is 54.5 Å². The summed E-state index contributed by atoms with van der Waals surface area (Å²) in [5.74, 6) is 0. The second-order valence-corrected chi connectivity index (χ2v) is 5.99. The Morgan fingerprint density at radius 1 is 1.22 bits per heavy atom. The molecule has 0 aliphatic carbocycles. The van der Waals surface area contributed by atoms with Crippen molar-refractivity contribution < 1.29 is 0 Å². The van der Waals surface area contributed by atoms with Crippen LogP contribution in [0.4, 0.5) is 0 Å². The second-order valence-electron chi connectivity index (χ2n) is 5.13. The lowest BCUT2D eigenvalue weighted by Gasteiger charge is -2.27. The fourth-order valence-electron chi connectivity index (χ4n) is 2.39. The maximum Gasteiger partial charge on any atom is 0.0207 e. The van der Waals surface area contributed by atoms with Gasteiger partial charge in [-0.25, -0.2) is 0 Å². The molecule has 0 atom stereocenters. The molecule has 3 heteroatoms. The van der Waals surface area contributed by atoms with Crippen LogP contribution in [0, 0.1) is 6.92 Å². The summed E-state index contributed by atoms with van der Waals surface area (Å²) in [4.78, 5) is 2.57. The monoisotopic (exact) mass is 310 g/mol. The van der Waals surface area contributed by atoms with Crippen LogP contribution in [-0.4, -0.2) is 37.6 Å². The first-order valence-corrected chi connectivity index (χ1v) is 7.73. The van der Waals surface area contributed by atoms with Crippen LogP contribution in [0.1, 0.15) is 24.0 Å².